The molecule has 3 aliphatic rings. The molecule has 0 aromatic rings. The van der Waals surface area contributed by atoms with Crippen molar-refractivity contribution in [3.05, 3.63) is 10.1 Å². The van der Waals surface area contributed by atoms with Crippen molar-refractivity contribution < 1.29 is 19.8 Å². The Morgan fingerprint density at radius 2 is 2.00 bits per heavy atom. The summed E-state index contributed by atoms with van der Waals surface area (Å²) in [5, 5.41) is 23.1. The highest BCUT2D eigenvalue weighted by Crippen LogP contribution is 2.60. The highest BCUT2D eigenvalue weighted by Gasteiger charge is 2.58. The van der Waals surface area contributed by atoms with Crippen molar-refractivity contribution in [2.24, 2.45) is 29.1 Å². The zero-order chi connectivity index (χ0) is 16.8. The van der Waals surface area contributed by atoms with Gasteiger partial charge in [-0.05, 0) is 61.7 Å². The topological polar surface area (TPSA) is 102 Å². The molecule has 0 aromatic carbocycles. The number of aliphatic hydroxyl groups is 1. The third kappa shape index (κ3) is 2.58. The molecule has 7 atom stereocenters. The van der Waals surface area contributed by atoms with E-state index in [9.17, 15) is 20.0 Å². The van der Waals surface area contributed by atoms with E-state index in [1.54, 1.807) is 7.05 Å². The van der Waals surface area contributed by atoms with Crippen molar-refractivity contribution in [1.82, 2.24) is 5.32 Å². The van der Waals surface area contributed by atoms with E-state index in [0.29, 0.717) is 24.7 Å². The number of nitrogens with one attached hydrogen (secondary N) is 1. The first-order chi connectivity index (χ1) is 10.9. The predicted molar refractivity (Wildman–Crippen MR) is 81.7 cm³/mol. The number of carbonyl (C=O) groups excluding carboxylic acids is 1. The fraction of sp³-hybridized carbons (Fsp3) is 0.938. The van der Waals surface area contributed by atoms with Crippen LogP contribution in [0.4, 0.5) is 0 Å². The molecule has 7 nitrogen and oxygen atoms in total. The molecular weight excluding hydrogens is 300 g/mol. The average molecular weight is 326 g/mol. The van der Waals surface area contributed by atoms with Gasteiger partial charge in [0, 0.05) is 7.05 Å². The third-order valence-corrected chi connectivity index (χ3v) is 6.84. The lowest BCUT2D eigenvalue weighted by atomic mass is 9.53. The van der Waals surface area contributed by atoms with Crippen LogP contribution in [0.25, 0.3) is 0 Å². The molecular formula is C16H26N2O5. The number of hydrogen-bond acceptors (Lipinski definition) is 5. The summed E-state index contributed by atoms with van der Waals surface area (Å²) >= 11 is 0. The highest BCUT2D eigenvalue weighted by atomic mass is 17.0. The van der Waals surface area contributed by atoms with Crippen LogP contribution >= 0.6 is 0 Å². The molecule has 2 N–H and O–H groups in total. The predicted octanol–water partition coefficient (Wildman–Crippen LogP) is 1.52. The van der Waals surface area contributed by atoms with E-state index in [-0.39, 0.29) is 29.3 Å². The molecule has 3 aliphatic carbocycles. The van der Waals surface area contributed by atoms with Gasteiger partial charge in [0.25, 0.3) is 5.09 Å². The minimum Gasteiger partial charge on any atom is -0.392 e. The molecule has 23 heavy (non-hydrogen) atoms. The number of aliphatic hydroxyl groups excluding tert-OH is 1. The second-order valence-electron chi connectivity index (χ2n) is 7.66. The molecule has 0 saturated heterocycles. The number of carbonyl (C=O) groups is 1. The Bertz CT molecular complexity index is 499. The van der Waals surface area contributed by atoms with Gasteiger partial charge in [0.2, 0.25) is 5.91 Å². The Morgan fingerprint density at radius 1 is 1.26 bits per heavy atom. The van der Waals surface area contributed by atoms with Crippen LogP contribution < -0.4 is 5.32 Å². The fourth-order valence-corrected chi connectivity index (χ4v) is 5.77. The number of hydrogen-bond donors (Lipinski definition) is 2. The lowest BCUT2D eigenvalue weighted by molar-refractivity contribution is -0.772. The summed E-state index contributed by atoms with van der Waals surface area (Å²) in [4.78, 5) is 28.0. The monoisotopic (exact) mass is 326 g/mol. The van der Waals surface area contributed by atoms with E-state index in [1.165, 1.54) is 0 Å². The molecule has 3 fully saturated rings. The van der Waals surface area contributed by atoms with Gasteiger partial charge in [0.15, 0.2) is 0 Å². The summed E-state index contributed by atoms with van der Waals surface area (Å²) in [6.45, 7) is 2.11. The summed E-state index contributed by atoms with van der Waals surface area (Å²) in [6.07, 6.45) is 3.87. The van der Waals surface area contributed by atoms with E-state index >= 15 is 0 Å². The van der Waals surface area contributed by atoms with Crippen LogP contribution in [0.15, 0.2) is 0 Å². The summed E-state index contributed by atoms with van der Waals surface area (Å²) in [6, 6.07) is 0. The first kappa shape index (κ1) is 16.5. The van der Waals surface area contributed by atoms with E-state index < -0.39 is 11.2 Å². The molecule has 0 radical (unpaired) electrons. The normalized spacial score (nSPS) is 45.7. The minimum atomic E-state index is -0.664. The van der Waals surface area contributed by atoms with Crippen LogP contribution in [0.5, 0.6) is 0 Å². The smallest absolute Gasteiger partial charge is 0.294 e. The van der Waals surface area contributed by atoms with Crippen LogP contribution in [-0.4, -0.2) is 35.4 Å². The molecule has 0 bridgehead atoms. The Balaban J connectivity index is 1.83. The average Bonchev–Trinajstić information content (AvgIpc) is 2.83. The van der Waals surface area contributed by atoms with Gasteiger partial charge in [-0.2, -0.15) is 0 Å². The summed E-state index contributed by atoms with van der Waals surface area (Å²) < 4.78 is 0. The van der Waals surface area contributed by atoms with Gasteiger partial charge in [-0.3, -0.25) is 4.79 Å². The SMILES string of the molecule is CNC(=O)[C@@H]1C2CCC3(C)C(O[N+](=O)[O-])CCC3C2CC[C@H]1O. The second-order valence-corrected chi connectivity index (χ2v) is 7.66. The zero-order valence-electron chi connectivity index (χ0n) is 13.7. The Kier molecular flexibility index (Phi) is 4.25. The van der Waals surface area contributed by atoms with Crippen LogP contribution in [0.2, 0.25) is 0 Å². The summed E-state index contributed by atoms with van der Waals surface area (Å²) in [7, 11) is 1.61. The number of rotatable bonds is 3. The van der Waals surface area contributed by atoms with Gasteiger partial charge in [-0.25, -0.2) is 0 Å². The van der Waals surface area contributed by atoms with Crippen molar-refractivity contribution in [2.45, 2.75) is 57.7 Å². The maximum Gasteiger partial charge on any atom is 0.294 e. The van der Waals surface area contributed by atoms with Crippen LogP contribution in [-0.2, 0) is 9.63 Å². The first-order valence-electron chi connectivity index (χ1n) is 8.59. The molecule has 3 rings (SSSR count). The molecule has 1 amide bonds. The maximum atomic E-state index is 12.2. The highest BCUT2D eigenvalue weighted by molar-refractivity contribution is 5.79. The first-order valence-corrected chi connectivity index (χ1v) is 8.59. The van der Waals surface area contributed by atoms with Crippen LogP contribution in [0.1, 0.15) is 45.4 Å². The van der Waals surface area contributed by atoms with Crippen molar-refractivity contribution in [3.8, 4) is 0 Å². The molecule has 0 aliphatic heterocycles. The Labute approximate surface area is 135 Å². The molecule has 5 unspecified atom stereocenters. The van der Waals surface area contributed by atoms with Gasteiger partial charge in [0.1, 0.15) is 6.10 Å². The molecule has 0 aromatic heterocycles. The number of amides is 1. The van der Waals surface area contributed by atoms with Gasteiger partial charge in [-0.1, -0.05) is 6.92 Å². The quantitative estimate of drug-likeness (QED) is 0.605. The third-order valence-electron chi connectivity index (χ3n) is 6.84. The molecule has 130 valence electrons. The number of nitrogens with zero attached hydrogens (tertiary/aromatic N) is 1. The van der Waals surface area contributed by atoms with E-state index in [0.717, 1.165) is 25.7 Å². The minimum absolute atomic E-state index is 0.0770. The van der Waals surface area contributed by atoms with Crippen LogP contribution in [0, 0.1) is 39.2 Å². The van der Waals surface area contributed by atoms with E-state index in [1.807, 2.05) is 0 Å². The molecule has 7 heteroatoms. The fourth-order valence-electron chi connectivity index (χ4n) is 5.77. The van der Waals surface area contributed by atoms with Crippen molar-refractivity contribution in [2.75, 3.05) is 7.05 Å². The van der Waals surface area contributed by atoms with Gasteiger partial charge in [-0.15, -0.1) is 10.1 Å². The van der Waals surface area contributed by atoms with Gasteiger partial charge >= 0.3 is 0 Å². The van der Waals surface area contributed by atoms with Gasteiger partial charge in [0.05, 0.1) is 12.0 Å². The van der Waals surface area contributed by atoms with Crippen molar-refractivity contribution >= 4 is 5.91 Å². The standard InChI is InChI=1S/C16H26N2O5/c1-16-8-7-10-9(3-5-12(19)14(10)15(20)17-2)11(16)4-6-13(16)23-18(21)22/h9-14,19H,3-8H2,1-2H3,(H,17,20)/t9?,10?,11?,12-,13?,14-,16?/m1/s1. The maximum absolute atomic E-state index is 12.2. The zero-order valence-corrected chi connectivity index (χ0v) is 13.7. The van der Waals surface area contributed by atoms with Gasteiger partial charge < -0.3 is 15.3 Å². The Hall–Kier alpha value is -1.37. The van der Waals surface area contributed by atoms with E-state index in [2.05, 4.69) is 12.2 Å². The molecule has 0 spiro atoms. The summed E-state index contributed by atoms with van der Waals surface area (Å²) in [5.74, 6) is 0.433. The summed E-state index contributed by atoms with van der Waals surface area (Å²) in [5.41, 5.74) is -0.191. The van der Waals surface area contributed by atoms with Crippen molar-refractivity contribution in [3.63, 3.8) is 0 Å². The lowest BCUT2D eigenvalue weighted by Gasteiger charge is -2.52. The van der Waals surface area contributed by atoms with Crippen LogP contribution in [0.3, 0.4) is 0 Å². The van der Waals surface area contributed by atoms with Crippen molar-refractivity contribution in [1.29, 1.82) is 0 Å². The second kappa shape index (κ2) is 5.92. The molecule has 3 saturated carbocycles. The Morgan fingerprint density at radius 3 is 2.65 bits per heavy atom. The lowest BCUT2D eigenvalue weighted by Crippen LogP contribution is -2.53. The van der Waals surface area contributed by atoms with E-state index in [4.69, 9.17) is 4.84 Å². The molecule has 0 heterocycles. The largest absolute Gasteiger partial charge is 0.392 e. The number of fused-ring (bicyclic) bond motifs is 3.